The molecule has 4 heterocycles. The highest BCUT2D eigenvalue weighted by molar-refractivity contribution is 5.94. The summed E-state index contributed by atoms with van der Waals surface area (Å²) in [4.78, 5) is 26.7. The van der Waals surface area contributed by atoms with Gasteiger partial charge < -0.3 is 14.5 Å². The molecule has 0 aliphatic carbocycles. The molecule has 0 saturated carbocycles. The van der Waals surface area contributed by atoms with Crippen molar-refractivity contribution in [1.82, 2.24) is 14.9 Å². The Balaban J connectivity index is 1.43. The number of anilines is 2. The fourth-order valence-corrected chi connectivity index (χ4v) is 3.12. The van der Waals surface area contributed by atoms with Crippen LogP contribution >= 0.6 is 0 Å². The van der Waals surface area contributed by atoms with Gasteiger partial charge in [-0.05, 0) is 12.1 Å². The van der Waals surface area contributed by atoms with Gasteiger partial charge in [0.2, 0.25) is 0 Å². The van der Waals surface area contributed by atoms with Crippen LogP contribution in [0.5, 0.6) is 5.75 Å². The maximum absolute atomic E-state index is 13.0. The van der Waals surface area contributed by atoms with Crippen molar-refractivity contribution >= 4 is 17.5 Å². The van der Waals surface area contributed by atoms with Gasteiger partial charge in [-0.2, -0.15) is 0 Å². The lowest BCUT2D eigenvalue weighted by atomic mass is 10.2. The number of aromatic nitrogens is 2. The molecule has 2 aromatic heterocycles. The molecule has 0 spiro atoms. The van der Waals surface area contributed by atoms with E-state index in [0.29, 0.717) is 50.8 Å². The molecular weight excluding hydrogens is 325 g/mol. The lowest BCUT2D eigenvalue weighted by molar-refractivity contribution is 0.196. The van der Waals surface area contributed by atoms with Gasteiger partial charge in [-0.1, -0.05) is 0 Å². The van der Waals surface area contributed by atoms with Crippen molar-refractivity contribution in [3.8, 4) is 5.75 Å². The van der Waals surface area contributed by atoms with Gasteiger partial charge >= 0.3 is 6.03 Å². The van der Waals surface area contributed by atoms with Crippen LogP contribution in [-0.4, -0.2) is 60.2 Å². The number of piperazine rings is 1. The number of halogens is 1. The van der Waals surface area contributed by atoms with Gasteiger partial charge in [0, 0.05) is 38.4 Å². The Morgan fingerprint density at radius 3 is 2.68 bits per heavy atom. The number of urea groups is 1. The van der Waals surface area contributed by atoms with Gasteiger partial charge in [0.05, 0.1) is 18.9 Å². The number of amides is 2. The number of carbonyl (C=O) groups is 1. The van der Waals surface area contributed by atoms with E-state index in [2.05, 4.69) is 14.9 Å². The zero-order valence-corrected chi connectivity index (χ0v) is 13.6. The summed E-state index contributed by atoms with van der Waals surface area (Å²) >= 11 is 0. The van der Waals surface area contributed by atoms with Crippen molar-refractivity contribution in [2.75, 3.05) is 49.1 Å². The Kier molecular flexibility index (Phi) is 4.09. The van der Waals surface area contributed by atoms with E-state index in [9.17, 15) is 9.18 Å². The van der Waals surface area contributed by atoms with Crippen LogP contribution in [0.4, 0.5) is 20.7 Å². The molecule has 0 bridgehead atoms. The van der Waals surface area contributed by atoms with Crippen LogP contribution in [0, 0.1) is 5.82 Å². The minimum atomic E-state index is -0.350. The number of rotatable bonds is 1. The smallest absolute Gasteiger partial charge is 0.324 e. The second-order valence-electron chi connectivity index (χ2n) is 5.93. The Morgan fingerprint density at radius 1 is 1.08 bits per heavy atom. The number of pyridine rings is 2. The fourth-order valence-electron chi connectivity index (χ4n) is 3.12. The third-order valence-corrected chi connectivity index (χ3v) is 4.44. The molecular formula is C17H18FN5O2. The summed E-state index contributed by atoms with van der Waals surface area (Å²) in [6.07, 6.45) is 4.52. The Hall–Kier alpha value is -2.90. The van der Waals surface area contributed by atoms with Crippen molar-refractivity contribution in [1.29, 1.82) is 0 Å². The third-order valence-electron chi connectivity index (χ3n) is 4.44. The number of nitrogens with zero attached hydrogens (tertiary/aromatic N) is 5. The quantitative estimate of drug-likeness (QED) is 0.790. The van der Waals surface area contributed by atoms with E-state index in [-0.39, 0.29) is 11.8 Å². The van der Waals surface area contributed by atoms with Crippen molar-refractivity contribution in [3.05, 3.63) is 42.6 Å². The van der Waals surface area contributed by atoms with E-state index >= 15 is 0 Å². The maximum atomic E-state index is 13.0. The summed E-state index contributed by atoms with van der Waals surface area (Å²) in [7, 11) is 0. The molecule has 0 N–H and O–H groups in total. The second kappa shape index (κ2) is 6.54. The largest absolute Gasteiger partial charge is 0.489 e. The molecule has 4 rings (SSSR count). The van der Waals surface area contributed by atoms with Gasteiger partial charge in [0.15, 0.2) is 0 Å². The third kappa shape index (κ3) is 3.07. The predicted molar refractivity (Wildman–Crippen MR) is 90.5 cm³/mol. The van der Waals surface area contributed by atoms with Gasteiger partial charge in [-0.15, -0.1) is 0 Å². The van der Waals surface area contributed by atoms with Gasteiger partial charge in [-0.3, -0.25) is 9.88 Å². The molecule has 25 heavy (non-hydrogen) atoms. The first kappa shape index (κ1) is 15.6. The van der Waals surface area contributed by atoms with E-state index in [0.717, 1.165) is 5.82 Å². The zero-order chi connectivity index (χ0) is 17.2. The van der Waals surface area contributed by atoms with Crippen LogP contribution in [-0.2, 0) is 0 Å². The molecule has 0 unspecified atom stereocenters. The first-order valence-electron chi connectivity index (χ1n) is 8.22. The minimum Gasteiger partial charge on any atom is -0.489 e. The number of fused-ring (bicyclic) bond motifs is 1. The van der Waals surface area contributed by atoms with Crippen LogP contribution in [0.25, 0.3) is 0 Å². The Bertz CT molecular complexity index is 762. The minimum absolute atomic E-state index is 0.0377. The average Bonchev–Trinajstić information content (AvgIpc) is 2.68. The first-order chi connectivity index (χ1) is 12.2. The van der Waals surface area contributed by atoms with Crippen LogP contribution in [0.15, 0.2) is 36.8 Å². The summed E-state index contributed by atoms with van der Waals surface area (Å²) in [5.41, 5.74) is 0.710. The molecule has 130 valence electrons. The van der Waals surface area contributed by atoms with Crippen LogP contribution in [0.3, 0.4) is 0 Å². The van der Waals surface area contributed by atoms with E-state index in [4.69, 9.17) is 4.74 Å². The van der Waals surface area contributed by atoms with Crippen molar-refractivity contribution in [2.45, 2.75) is 0 Å². The molecule has 0 atom stereocenters. The van der Waals surface area contributed by atoms with Crippen LogP contribution in [0.1, 0.15) is 0 Å². The molecule has 2 amide bonds. The lowest BCUT2D eigenvalue weighted by Gasteiger charge is -2.39. The lowest BCUT2D eigenvalue weighted by Crippen LogP contribution is -2.54. The van der Waals surface area contributed by atoms with Gasteiger partial charge in [0.25, 0.3) is 0 Å². The zero-order valence-electron chi connectivity index (χ0n) is 13.6. The van der Waals surface area contributed by atoms with E-state index < -0.39 is 0 Å². The number of ether oxygens (including phenoxy) is 1. The number of carbonyl (C=O) groups excluding carboxylic acids is 1. The molecule has 2 aliphatic rings. The normalized spacial score (nSPS) is 17.1. The highest BCUT2D eigenvalue weighted by Gasteiger charge is 2.30. The first-order valence-corrected chi connectivity index (χ1v) is 8.22. The summed E-state index contributed by atoms with van der Waals surface area (Å²) in [6.45, 7) is 3.48. The summed E-state index contributed by atoms with van der Waals surface area (Å²) < 4.78 is 18.6. The average molecular weight is 343 g/mol. The molecule has 0 aromatic carbocycles. The van der Waals surface area contributed by atoms with Crippen molar-refractivity contribution in [3.63, 3.8) is 0 Å². The van der Waals surface area contributed by atoms with Gasteiger partial charge in [-0.25, -0.2) is 14.2 Å². The monoisotopic (exact) mass is 343 g/mol. The summed E-state index contributed by atoms with van der Waals surface area (Å²) in [5.74, 6) is 1.07. The molecule has 1 fully saturated rings. The predicted octanol–water partition coefficient (Wildman–Crippen LogP) is 1.76. The highest BCUT2D eigenvalue weighted by Crippen LogP contribution is 2.31. The topological polar surface area (TPSA) is 61.8 Å². The number of hydrogen-bond donors (Lipinski definition) is 0. The van der Waals surface area contributed by atoms with E-state index in [1.54, 1.807) is 29.4 Å². The summed E-state index contributed by atoms with van der Waals surface area (Å²) in [6, 6.07) is 4.80. The molecule has 8 heteroatoms. The van der Waals surface area contributed by atoms with Crippen molar-refractivity contribution in [2.24, 2.45) is 0 Å². The molecule has 7 nitrogen and oxygen atoms in total. The molecule has 2 aromatic rings. The Morgan fingerprint density at radius 2 is 1.92 bits per heavy atom. The second-order valence-corrected chi connectivity index (χ2v) is 5.93. The van der Waals surface area contributed by atoms with Crippen LogP contribution < -0.4 is 14.5 Å². The SMILES string of the molecule is O=C(N1CCN(c2ccc(F)cn2)CC1)N1CCOc2ccncc21. The summed E-state index contributed by atoms with van der Waals surface area (Å²) in [5, 5.41) is 0. The molecule has 1 saturated heterocycles. The fraction of sp³-hybridized carbons (Fsp3) is 0.353. The van der Waals surface area contributed by atoms with E-state index in [1.165, 1.54) is 12.3 Å². The van der Waals surface area contributed by atoms with Crippen molar-refractivity contribution < 1.29 is 13.9 Å². The van der Waals surface area contributed by atoms with Crippen LogP contribution in [0.2, 0.25) is 0 Å². The standard InChI is InChI=1S/C17H18FN5O2/c18-13-1-2-16(20-11-13)21-5-7-22(8-6-21)17(24)23-9-10-25-15-3-4-19-12-14(15)23/h1-4,11-12H,5-10H2. The number of hydrogen-bond acceptors (Lipinski definition) is 5. The Labute approximate surface area is 144 Å². The maximum Gasteiger partial charge on any atom is 0.324 e. The molecule has 0 radical (unpaired) electrons. The molecule has 2 aliphatic heterocycles. The van der Waals surface area contributed by atoms with Gasteiger partial charge in [0.1, 0.15) is 29.7 Å². The van der Waals surface area contributed by atoms with E-state index in [1.807, 2.05) is 4.90 Å². The highest BCUT2D eigenvalue weighted by atomic mass is 19.1.